The lowest BCUT2D eigenvalue weighted by Crippen LogP contribution is -2.47. The van der Waals surface area contributed by atoms with Crippen LogP contribution in [0.25, 0.3) is 11.0 Å². The molecule has 30 heavy (non-hydrogen) atoms. The van der Waals surface area contributed by atoms with Crippen LogP contribution in [0.5, 0.6) is 0 Å². The van der Waals surface area contributed by atoms with Crippen LogP contribution in [0.1, 0.15) is 42.8 Å². The van der Waals surface area contributed by atoms with Gasteiger partial charge in [0, 0.05) is 50.0 Å². The lowest BCUT2D eigenvalue weighted by Gasteiger charge is -2.37. The van der Waals surface area contributed by atoms with Gasteiger partial charge in [-0.2, -0.15) is 4.31 Å². The predicted molar refractivity (Wildman–Crippen MR) is 111 cm³/mol. The Hall–Kier alpha value is -1.94. The van der Waals surface area contributed by atoms with Gasteiger partial charge in [-0.1, -0.05) is 13.8 Å². The number of ether oxygens (including phenoxy) is 2. The Morgan fingerprint density at radius 2 is 1.77 bits per heavy atom. The Morgan fingerprint density at radius 3 is 2.37 bits per heavy atom. The van der Waals surface area contributed by atoms with Crippen molar-refractivity contribution in [3.8, 4) is 0 Å². The number of amides is 1. The van der Waals surface area contributed by atoms with Crippen LogP contribution in [-0.2, 0) is 19.5 Å². The molecule has 1 aromatic heterocycles. The fraction of sp³-hybridized carbons (Fsp3) is 0.571. The molecule has 3 heterocycles. The summed E-state index contributed by atoms with van der Waals surface area (Å²) in [5.41, 5.74) is 1.16. The van der Waals surface area contributed by atoms with Crippen molar-refractivity contribution in [1.29, 1.82) is 0 Å². The lowest BCUT2D eigenvalue weighted by molar-refractivity contribution is -0.181. The SMILES string of the molecule is CCN(CC)S(=O)(=O)c1ccc2oc(C(=O)N3CCC4(CC3)OCCO4)c(C)c2c1. The average Bonchev–Trinajstić information content (AvgIpc) is 3.33. The molecule has 1 amide bonds. The van der Waals surface area contributed by atoms with Crippen molar-refractivity contribution in [3.63, 3.8) is 0 Å². The van der Waals surface area contributed by atoms with Gasteiger partial charge in [-0.25, -0.2) is 8.42 Å². The van der Waals surface area contributed by atoms with Crippen LogP contribution in [-0.4, -0.2) is 68.7 Å². The highest BCUT2D eigenvalue weighted by molar-refractivity contribution is 7.89. The molecule has 2 saturated heterocycles. The number of sulfonamides is 1. The molecule has 164 valence electrons. The molecule has 0 aliphatic carbocycles. The third-order valence-corrected chi connectivity index (χ3v) is 8.12. The Bertz CT molecular complexity index is 1040. The van der Waals surface area contributed by atoms with Gasteiger partial charge < -0.3 is 18.8 Å². The molecular weight excluding hydrogens is 408 g/mol. The first kappa shape index (κ1) is 21.3. The third-order valence-electron chi connectivity index (χ3n) is 6.07. The van der Waals surface area contributed by atoms with Crippen LogP contribution in [0.15, 0.2) is 27.5 Å². The van der Waals surface area contributed by atoms with Crippen molar-refractivity contribution in [3.05, 3.63) is 29.5 Å². The van der Waals surface area contributed by atoms with E-state index in [1.54, 1.807) is 24.0 Å². The summed E-state index contributed by atoms with van der Waals surface area (Å²) in [6.45, 7) is 8.44. The van der Waals surface area contributed by atoms with Gasteiger partial charge in [0.25, 0.3) is 5.91 Å². The van der Waals surface area contributed by atoms with Crippen molar-refractivity contribution in [2.75, 3.05) is 39.4 Å². The molecule has 1 spiro atoms. The predicted octanol–water partition coefficient (Wildman–Crippen LogP) is 2.75. The van der Waals surface area contributed by atoms with Gasteiger partial charge in [-0.15, -0.1) is 0 Å². The molecule has 8 nitrogen and oxygen atoms in total. The lowest BCUT2D eigenvalue weighted by atomic mass is 10.0. The third kappa shape index (κ3) is 3.53. The van der Waals surface area contributed by atoms with Crippen LogP contribution in [0, 0.1) is 6.92 Å². The number of rotatable bonds is 5. The first-order chi connectivity index (χ1) is 14.3. The smallest absolute Gasteiger partial charge is 0.289 e. The molecule has 0 N–H and O–H groups in total. The summed E-state index contributed by atoms with van der Waals surface area (Å²) in [5.74, 6) is -0.482. The van der Waals surface area contributed by atoms with Crippen molar-refractivity contribution in [1.82, 2.24) is 9.21 Å². The average molecular weight is 437 g/mol. The number of nitrogens with zero attached hydrogens (tertiary/aromatic N) is 2. The highest BCUT2D eigenvalue weighted by Crippen LogP contribution is 2.34. The van der Waals surface area contributed by atoms with Crippen LogP contribution in [0.2, 0.25) is 0 Å². The number of piperidine rings is 1. The minimum absolute atomic E-state index is 0.190. The van der Waals surface area contributed by atoms with Crippen LogP contribution >= 0.6 is 0 Å². The molecule has 9 heteroatoms. The van der Waals surface area contributed by atoms with Crippen molar-refractivity contribution < 1.29 is 27.1 Å². The standard InChI is InChI=1S/C21H28N2O6S/c1-4-23(5-2)30(25,26)16-6-7-18-17(14-16)15(3)19(29-18)20(24)22-10-8-21(9-11-22)27-12-13-28-21/h6-7,14H,4-5,8-13H2,1-3H3. The highest BCUT2D eigenvalue weighted by atomic mass is 32.2. The number of furan rings is 1. The van der Waals surface area contributed by atoms with E-state index in [-0.39, 0.29) is 16.6 Å². The quantitative estimate of drug-likeness (QED) is 0.716. The topological polar surface area (TPSA) is 89.3 Å². The van der Waals surface area contributed by atoms with Crippen molar-refractivity contribution in [2.45, 2.75) is 44.3 Å². The van der Waals surface area contributed by atoms with Crippen molar-refractivity contribution >= 4 is 26.9 Å². The van der Waals surface area contributed by atoms with Crippen LogP contribution in [0.4, 0.5) is 0 Å². The Balaban J connectivity index is 1.60. The van der Waals surface area contributed by atoms with E-state index in [1.807, 2.05) is 13.8 Å². The number of fused-ring (bicyclic) bond motifs is 1. The molecule has 2 aromatic rings. The summed E-state index contributed by atoms with van der Waals surface area (Å²) in [5, 5.41) is 0.641. The minimum Gasteiger partial charge on any atom is -0.451 e. The van der Waals surface area contributed by atoms with E-state index < -0.39 is 15.8 Å². The zero-order chi connectivity index (χ0) is 21.5. The van der Waals surface area contributed by atoms with Gasteiger partial charge in [0.2, 0.25) is 10.0 Å². The highest BCUT2D eigenvalue weighted by Gasteiger charge is 2.41. The molecule has 1 aromatic carbocycles. The molecule has 0 bridgehead atoms. The Labute approximate surface area is 176 Å². The van der Waals surface area contributed by atoms with E-state index in [0.717, 1.165) is 0 Å². The molecule has 0 unspecified atom stereocenters. The van der Waals surface area contributed by atoms with Crippen LogP contribution < -0.4 is 0 Å². The number of carbonyl (C=O) groups excluding carboxylic acids is 1. The summed E-state index contributed by atoms with van der Waals surface area (Å²) < 4.78 is 44.4. The number of carbonyl (C=O) groups is 1. The zero-order valence-electron chi connectivity index (χ0n) is 17.6. The number of benzene rings is 1. The second kappa shape index (κ2) is 7.96. The van der Waals surface area contributed by atoms with Crippen LogP contribution in [0.3, 0.4) is 0 Å². The fourth-order valence-electron chi connectivity index (χ4n) is 4.26. The number of hydrogen-bond acceptors (Lipinski definition) is 6. The first-order valence-corrected chi connectivity index (χ1v) is 11.9. The second-order valence-electron chi connectivity index (χ2n) is 7.70. The van der Waals surface area contributed by atoms with E-state index in [2.05, 4.69) is 0 Å². The minimum atomic E-state index is -3.59. The number of aryl methyl sites for hydroxylation is 1. The summed E-state index contributed by atoms with van der Waals surface area (Å²) in [4.78, 5) is 15.1. The summed E-state index contributed by atoms with van der Waals surface area (Å²) >= 11 is 0. The number of hydrogen-bond donors (Lipinski definition) is 0. The second-order valence-corrected chi connectivity index (χ2v) is 9.64. The maximum atomic E-state index is 13.1. The van der Waals surface area contributed by atoms with E-state index in [9.17, 15) is 13.2 Å². The Kier molecular flexibility index (Phi) is 5.65. The Morgan fingerprint density at radius 1 is 1.13 bits per heavy atom. The molecule has 2 fully saturated rings. The molecular formula is C21H28N2O6S. The first-order valence-electron chi connectivity index (χ1n) is 10.4. The van der Waals surface area contributed by atoms with Gasteiger partial charge in [0.15, 0.2) is 11.5 Å². The maximum Gasteiger partial charge on any atom is 0.289 e. The van der Waals surface area contributed by atoms with Gasteiger partial charge in [0.05, 0.1) is 18.1 Å². The van der Waals surface area contributed by atoms with Gasteiger partial charge in [-0.3, -0.25) is 4.79 Å². The molecule has 0 radical (unpaired) electrons. The molecule has 2 aliphatic heterocycles. The molecule has 4 rings (SSSR count). The normalized spacial score (nSPS) is 19.3. The zero-order valence-corrected chi connectivity index (χ0v) is 18.5. The number of likely N-dealkylation sites (tertiary alicyclic amines) is 1. The molecule has 0 atom stereocenters. The molecule has 0 saturated carbocycles. The van der Waals surface area contributed by atoms with E-state index in [4.69, 9.17) is 13.9 Å². The largest absolute Gasteiger partial charge is 0.451 e. The van der Waals surface area contributed by atoms with Gasteiger partial charge in [0.1, 0.15) is 5.58 Å². The van der Waals surface area contributed by atoms with Crippen molar-refractivity contribution in [2.24, 2.45) is 0 Å². The summed E-state index contributed by atoms with van der Waals surface area (Å²) in [6.07, 6.45) is 1.26. The monoisotopic (exact) mass is 436 g/mol. The molecule has 2 aliphatic rings. The summed E-state index contributed by atoms with van der Waals surface area (Å²) in [7, 11) is -3.59. The van der Waals surface area contributed by atoms with E-state index in [1.165, 1.54) is 10.4 Å². The van der Waals surface area contributed by atoms with Gasteiger partial charge >= 0.3 is 0 Å². The van der Waals surface area contributed by atoms with E-state index >= 15 is 0 Å². The summed E-state index contributed by atoms with van der Waals surface area (Å²) in [6, 6.07) is 4.76. The fourth-order valence-corrected chi connectivity index (χ4v) is 5.74. The van der Waals surface area contributed by atoms with E-state index in [0.29, 0.717) is 68.8 Å². The van der Waals surface area contributed by atoms with Gasteiger partial charge in [-0.05, 0) is 25.1 Å². The maximum absolute atomic E-state index is 13.1.